The molecule has 4 aromatic rings. The van der Waals surface area contributed by atoms with Crippen molar-refractivity contribution in [1.82, 2.24) is 19.6 Å². The molecule has 1 aliphatic heterocycles. The van der Waals surface area contributed by atoms with Gasteiger partial charge in [-0.25, -0.2) is 13.5 Å². The molecule has 0 fully saturated rings. The van der Waals surface area contributed by atoms with Gasteiger partial charge in [-0.3, -0.25) is 24.1 Å². The standard InChI is InChI=1S/C36H36F2N4O5/c1-23(43)47-22-31(44)40(17-10-18-41-34(45)27-13-8-9-14-28(27)35(41)46)33(36(2,3)4)32-25(19-24-11-6-5-7-12-24)21-42(39-32)30-20-26(37)15-16-29(30)38/h5-9,11-16,20-21,33H,10,17-19,22H2,1-4H3. The molecule has 2 heterocycles. The van der Waals surface area contributed by atoms with Crippen molar-refractivity contribution in [2.75, 3.05) is 19.7 Å². The molecule has 244 valence electrons. The first kappa shape index (κ1) is 33.2. The number of hydrogen-bond donors (Lipinski definition) is 0. The van der Waals surface area contributed by atoms with E-state index in [1.54, 1.807) is 30.5 Å². The molecule has 1 aliphatic rings. The third kappa shape index (κ3) is 7.29. The zero-order chi connectivity index (χ0) is 33.9. The quantitative estimate of drug-likeness (QED) is 0.149. The van der Waals surface area contributed by atoms with E-state index in [-0.39, 0.29) is 25.2 Å². The second-order valence-corrected chi connectivity index (χ2v) is 12.5. The lowest BCUT2D eigenvalue weighted by atomic mass is 9.81. The van der Waals surface area contributed by atoms with Crippen LogP contribution in [0, 0.1) is 17.0 Å². The Morgan fingerprint density at radius 1 is 0.936 bits per heavy atom. The van der Waals surface area contributed by atoms with Crippen molar-refractivity contribution in [1.29, 1.82) is 0 Å². The van der Waals surface area contributed by atoms with E-state index in [0.717, 1.165) is 28.7 Å². The summed E-state index contributed by atoms with van der Waals surface area (Å²) >= 11 is 0. The van der Waals surface area contributed by atoms with Gasteiger partial charge in [-0.1, -0.05) is 63.2 Å². The molecule has 9 nitrogen and oxygen atoms in total. The number of carbonyl (C=O) groups excluding carboxylic acids is 4. The highest BCUT2D eigenvalue weighted by atomic mass is 19.1. The number of benzene rings is 3. The molecule has 0 N–H and O–H groups in total. The van der Waals surface area contributed by atoms with Crippen molar-refractivity contribution in [3.05, 3.63) is 119 Å². The number of halogens is 2. The van der Waals surface area contributed by atoms with Crippen molar-refractivity contribution >= 4 is 23.7 Å². The molecule has 0 spiro atoms. The fourth-order valence-electron chi connectivity index (χ4n) is 5.90. The van der Waals surface area contributed by atoms with Gasteiger partial charge in [0.1, 0.15) is 17.3 Å². The van der Waals surface area contributed by atoms with E-state index in [1.807, 2.05) is 51.1 Å². The van der Waals surface area contributed by atoms with Gasteiger partial charge in [0.15, 0.2) is 6.61 Å². The molecule has 5 rings (SSSR count). The molecule has 3 amide bonds. The molecule has 0 saturated heterocycles. The highest BCUT2D eigenvalue weighted by molar-refractivity contribution is 6.21. The Bertz CT molecular complexity index is 1780. The van der Waals surface area contributed by atoms with E-state index in [0.29, 0.717) is 28.8 Å². The molecule has 3 aromatic carbocycles. The second kappa shape index (κ2) is 13.7. The largest absolute Gasteiger partial charge is 0.456 e. The summed E-state index contributed by atoms with van der Waals surface area (Å²) < 4.78 is 35.7. The van der Waals surface area contributed by atoms with Gasteiger partial charge >= 0.3 is 5.97 Å². The van der Waals surface area contributed by atoms with Crippen LogP contribution in [-0.4, -0.2) is 63.0 Å². The van der Waals surface area contributed by atoms with Crippen LogP contribution in [0.25, 0.3) is 5.69 Å². The number of hydrogen-bond acceptors (Lipinski definition) is 6. The first-order chi connectivity index (χ1) is 22.3. The molecule has 0 bridgehead atoms. The summed E-state index contributed by atoms with van der Waals surface area (Å²) in [6.45, 7) is 6.53. The van der Waals surface area contributed by atoms with Gasteiger partial charge in [0.25, 0.3) is 17.7 Å². The minimum atomic E-state index is -0.746. The Morgan fingerprint density at radius 3 is 2.19 bits per heavy atom. The van der Waals surface area contributed by atoms with Crippen LogP contribution in [0.2, 0.25) is 0 Å². The summed E-state index contributed by atoms with van der Waals surface area (Å²) in [5, 5.41) is 4.77. The number of amides is 3. The lowest BCUT2D eigenvalue weighted by Crippen LogP contribution is -2.45. The number of nitrogens with zero attached hydrogens (tertiary/aromatic N) is 4. The van der Waals surface area contributed by atoms with Gasteiger partial charge in [-0.2, -0.15) is 5.10 Å². The van der Waals surface area contributed by atoms with E-state index in [4.69, 9.17) is 9.84 Å². The zero-order valence-corrected chi connectivity index (χ0v) is 26.7. The minimum absolute atomic E-state index is 0.0420. The van der Waals surface area contributed by atoms with Gasteiger partial charge < -0.3 is 9.64 Å². The number of esters is 1. The Kier molecular flexibility index (Phi) is 9.64. The summed E-state index contributed by atoms with van der Waals surface area (Å²) in [6.07, 6.45) is 2.23. The Hall–Kier alpha value is -5.19. The summed E-state index contributed by atoms with van der Waals surface area (Å²) in [6, 6.07) is 18.5. The topological polar surface area (TPSA) is 102 Å². The van der Waals surface area contributed by atoms with Gasteiger partial charge in [-0.15, -0.1) is 0 Å². The highest BCUT2D eigenvalue weighted by Gasteiger charge is 2.40. The lowest BCUT2D eigenvalue weighted by molar-refractivity contribution is -0.152. The van der Waals surface area contributed by atoms with Gasteiger partial charge in [0, 0.05) is 44.3 Å². The Morgan fingerprint density at radius 2 is 1.57 bits per heavy atom. The monoisotopic (exact) mass is 642 g/mol. The molecule has 1 atom stereocenters. The molecule has 11 heteroatoms. The van der Waals surface area contributed by atoms with Crippen LogP contribution in [0.4, 0.5) is 8.78 Å². The number of carbonyl (C=O) groups is 4. The van der Waals surface area contributed by atoms with Gasteiger partial charge in [0.2, 0.25) is 0 Å². The molecule has 47 heavy (non-hydrogen) atoms. The third-order valence-electron chi connectivity index (χ3n) is 7.98. The van der Waals surface area contributed by atoms with Crippen molar-refractivity contribution in [3.63, 3.8) is 0 Å². The van der Waals surface area contributed by atoms with Crippen molar-refractivity contribution in [3.8, 4) is 5.69 Å². The zero-order valence-electron chi connectivity index (χ0n) is 26.7. The van der Waals surface area contributed by atoms with E-state index in [1.165, 1.54) is 16.5 Å². The summed E-state index contributed by atoms with van der Waals surface area (Å²) in [7, 11) is 0. The number of aromatic nitrogens is 2. The molecule has 0 radical (unpaired) electrons. The summed E-state index contributed by atoms with van der Waals surface area (Å²) in [5.74, 6) is -3.27. The molecule has 1 aromatic heterocycles. The molecule has 0 aliphatic carbocycles. The van der Waals surface area contributed by atoms with E-state index in [2.05, 4.69) is 0 Å². The minimum Gasteiger partial charge on any atom is -0.456 e. The molecule has 1 unspecified atom stereocenters. The van der Waals surface area contributed by atoms with Crippen LogP contribution in [0.3, 0.4) is 0 Å². The number of rotatable bonds is 11. The fourth-order valence-corrected chi connectivity index (χ4v) is 5.90. The Balaban J connectivity index is 1.54. The molecular weight excluding hydrogens is 606 g/mol. The first-order valence-electron chi connectivity index (χ1n) is 15.3. The predicted octanol–water partition coefficient (Wildman–Crippen LogP) is 5.91. The average molecular weight is 643 g/mol. The second-order valence-electron chi connectivity index (χ2n) is 12.5. The van der Waals surface area contributed by atoms with E-state index < -0.39 is 53.4 Å². The maximum atomic E-state index is 15.0. The molecule has 0 saturated carbocycles. The SMILES string of the molecule is CC(=O)OCC(=O)N(CCCN1C(=O)c2ccccc2C1=O)C(c1nn(-c2cc(F)ccc2F)cc1Cc1ccccc1)C(C)(C)C. The van der Waals surface area contributed by atoms with Crippen molar-refractivity contribution < 1.29 is 32.7 Å². The van der Waals surface area contributed by atoms with Crippen LogP contribution in [0.15, 0.2) is 79.0 Å². The van der Waals surface area contributed by atoms with E-state index in [9.17, 15) is 28.0 Å². The predicted molar refractivity (Wildman–Crippen MR) is 170 cm³/mol. The lowest BCUT2D eigenvalue weighted by Gasteiger charge is -2.40. The molecular formula is C36H36F2N4O5. The maximum Gasteiger partial charge on any atom is 0.303 e. The van der Waals surface area contributed by atoms with Crippen LogP contribution < -0.4 is 0 Å². The third-order valence-corrected chi connectivity index (χ3v) is 7.98. The Labute approximate surface area is 271 Å². The number of fused-ring (bicyclic) bond motifs is 1. The van der Waals surface area contributed by atoms with Gasteiger partial charge in [-0.05, 0) is 41.7 Å². The normalized spacial score (nSPS) is 13.4. The van der Waals surface area contributed by atoms with Crippen LogP contribution >= 0.6 is 0 Å². The summed E-state index contributed by atoms with van der Waals surface area (Å²) in [5.41, 5.74) is 1.94. The maximum absolute atomic E-state index is 15.0. The summed E-state index contributed by atoms with van der Waals surface area (Å²) in [4.78, 5) is 54.3. The van der Waals surface area contributed by atoms with E-state index >= 15 is 0 Å². The highest BCUT2D eigenvalue weighted by Crippen LogP contribution is 2.40. The number of imide groups is 1. The van der Waals surface area contributed by atoms with Crippen LogP contribution in [0.1, 0.15) is 77.7 Å². The first-order valence-corrected chi connectivity index (χ1v) is 15.3. The van der Waals surface area contributed by atoms with Crippen LogP contribution in [-0.2, 0) is 20.7 Å². The fraction of sp³-hybridized carbons (Fsp3) is 0.306. The van der Waals surface area contributed by atoms with Crippen LogP contribution in [0.5, 0.6) is 0 Å². The smallest absolute Gasteiger partial charge is 0.303 e. The van der Waals surface area contributed by atoms with Gasteiger partial charge in [0.05, 0.1) is 22.9 Å². The average Bonchev–Trinajstić information content (AvgIpc) is 3.54. The van der Waals surface area contributed by atoms with Crippen molar-refractivity contribution in [2.24, 2.45) is 5.41 Å². The van der Waals surface area contributed by atoms with Crippen molar-refractivity contribution in [2.45, 2.75) is 46.6 Å². The number of ether oxygens (including phenoxy) is 1.